The van der Waals surface area contributed by atoms with E-state index in [9.17, 15) is 0 Å². The molecule has 0 aromatic heterocycles. The lowest BCUT2D eigenvalue weighted by Gasteiger charge is -2.16. The Morgan fingerprint density at radius 1 is 0.250 bits per heavy atom. The van der Waals surface area contributed by atoms with Crippen LogP contribution in [-0.4, -0.2) is 14.2 Å². The normalized spacial score (nSPS) is 11.2. The van der Waals surface area contributed by atoms with E-state index in [1.54, 1.807) is 14.2 Å². The summed E-state index contributed by atoms with van der Waals surface area (Å²) in [5.74, 6) is 1.67. The number of methoxy groups -OCH3 is 2. The van der Waals surface area contributed by atoms with Crippen LogP contribution in [0.1, 0.15) is 11.1 Å². The molecule has 0 aliphatic rings. The third-order valence-electron chi connectivity index (χ3n) is 12.6. The van der Waals surface area contributed by atoms with Gasteiger partial charge in [-0.15, -0.1) is 10.2 Å². The van der Waals surface area contributed by atoms with Gasteiger partial charge in [-0.2, -0.15) is 0 Å². The van der Waals surface area contributed by atoms with Gasteiger partial charge in [-0.3, -0.25) is 0 Å². The van der Waals surface area contributed by atoms with Crippen molar-refractivity contribution in [2.75, 3.05) is 14.2 Å². The van der Waals surface area contributed by atoms with Gasteiger partial charge >= 0.3 is 0 Å². The van der Waals surface area contributed by atoms with Crippen LogP contribution in [0.15, 0.2) is 241 Å². The zero-order chi connectivity index (χ0) is 46.4. The summed E-state index contributed by atoms with van der Waals surface area (Å²) < 4.78 is 10.9. The van der Waals surface area contributed by atoms with Gasteiger partial charge in [0.25, 0.3) is 0 Å². The molecule has 0 saturated carbocycles. The van der Waals surface area contributed by atoms with Crippen LogP contribution in [0.4, 0.5) is 11.4 Å². The third-order valence-corrected chi connectivity index (χ3v) is 12.6. The topological polar surface area (TPSA) is 43.2 Å². The van der Waals surface area contributed by atoms with E-state index in [1.165, 1.54) is 11.1 Å². The van der Waals surface area contributed by atoms with Crippen molar-refractivity contribution in [1.29, 1.82) is 0 Å². The number of azo groups is 1. The predicted octanol–water partition coefficient (Wildman–Crippen LogP) is 18.1. The molecular formula is C64H50N2O2. The van der Waals surface area contributed by atoms with E-state index in [2.05, 4.69) is 220 Å². The van der Waals surface area contributed by atoms with Crippen LogP contribution >= 0.6 is 0 Å². The summed E-state index contributed by atoms with van der Waals surface area (Å²) in [6, 6.07) is 81.4. The first-order valence-corrected chi connectivity index (χ1v) is 22.9. The maximum Gasteiger partial charge on any atom is 0.118 e. The van der Waals surface area contributed by atoms with E-state index >= 15 is 0 Å². The van der Waals surface area contributed by atoms with Crippen LogP contribution < -0.4 is 9.47 Å². The van der Waals surface area contributed by atoms with Crippen LogP contribution in [-0.2, 0) is 0 Å². The maximum atomic E-state index is 5.43. The van der Waals surface area contributed by atoms with Crippen molar-refractivity contribution < 1.29 is 9.47 Å². The second-order valence-electron chi connectivity index (χ2n) is 17.1. The van der Waals surface area contributed by atoms with E-state index in [4.69, 9.17) is 19.7 Å². The van der Waals surface area contributed by atoms with E-state index in [1.807, 2.05) is 24.3 Å². The molecule has 10 aromatic carbocycles. The standard InChI is InChI=1S/C64H50N2O2/c1-43-39-59(53-23-15-47(16-24-53)45-11-7-5-8-12-45)63(61(41-43)55-27-19-49(20-28-55)51-31-35-57(67-3)36-32-51)65-66-64-60(54-25-17-48(18-26-54)46-13-9-6-10-14-46)40-44(2)42-62(64)56-29-21-50(22-30-56)52-33-37-58(68-4)38-34-52/h5-42H,1-4H3. The lowest BCUT2D eigenvalue weighted by Crippen LogP contribution is -1.90. The van der Waals surface area contributed by atoms with Gasteiger partial charge in [-0.05, 0) is 140 Å². The number of hydrogen-bond donors (Lipinski definition) is 0. The molecule has 0 spiro atoms. The average Bonchev–Trinajstić information content (AvgIpc) is 3.41. The number of rotatable bonds is 12. The maximum absolute atomic E-state index is 5.43. The van der Waals surface area contributed by atoms with Gasteiger partial charge in [0.1, 0.15) is 22.9 Å². The zero-order valence-corrected chi connectivity index (χ0v) is 38.7. The van der Waals surface area contributed by atoms with Crippen molar-refractivity contribution in [3.8, 4) is 101 Å². The Labute approximate surface area is 399 Å². The van der Waals surface area contributed by atoms with E-state index in [-0.39, 0.29) is 0 Å². The molecule has 4 nitrogen and oxygen atoms in total. The summed E-state index contributed by atoms with van der Waals surface area (Å²) in [7, 11) is 3.38. The number of ether oxygens (including phenoxy) is 2. The second kappa shape index (κ2) is 19.5. The minimum absolute atomic E-state index is 0.798. The SMILES string of the molecule is COc1ccc(-c2ccc(-c3cc(C)cc(-c4ccc(-c5ccccc5)cc4)c3N=Nc3c(-c4ccc(-c5ccccc5)cc4)cc(C)cc3-c3ccc(-c4ccc(OC)cc4)cc3)cc2)cc1. The number of hydrogen-bond acceptors (Lipinski definition) is 4. The van der Waals surface area contributed by atoms with Gasteiger partial charge in [0.15, 0.2) is 0 Å². The van der Waals surface area contributed by atoms with E-state index < -0.39 is 0 Å². The highest BCUT2D eigenvalue weighted by atomic mass is 16.5. The van der Waals surface area contributed by atoms with Gasteiger partial charge in [0, 0.05) is 22.3 Å². The van der Waals surface area contributed by atoms with Crippen LogP contribution in [0.3, 0.4) is 0 Å². The number of aryl methyl sites for hydroxylation is 2. The monoisotopic (exact) mass is 878 g/mol. The Morgan fingerprint density at radius 2 is 0.456 bits per heavy atom. The van der Waals surface area contributed by atoms with Crippen molar-refractivity contribution in [3.05, 3.63) is 242 Å². The minimum Gasteiger partial charge on any atom is -0.497 e. The fourth-order valence-electron chi connectivity index (χ4n) is 8.95. The summed E-state index contributed by atoms with van der Waals surface area (Å²) in [4.78, 5) is 0. The molecule has 0 atom stereocenters. The van der Waals surface area contributed by atoms with Gasteiger partial charge < -0.3 is 9.47 Å². The number of benzene rings is 10. The van der Waals surface area contributed by atoms with E-state index in [0.29, 0.717) is 0 Å². The van der Waals surface area contributed by atoms with Crippen molar-refractivity contribution >= 4 is 11.4 Å². The fourth-order valence-corrected chi connectivity index (χ4v) is 8.95. The molecule has 10 rings (SSSR count). The number of nitrogens with zero attached hydrogens (tertiary/aromatic N) is 2. The molecule has 4 heteroatoms. The molecule has 0 radical (unpaired) electrons. The van der Waals surface area contributed by atoms with Crippen LogP contribution in [0.25, 0.3) is 89.0 Å². The highest BCUT2D eigenvalue weighted by molar-refractivity contribution is 5.93. The Balaban J connectivity index is 1.14. The Morgan fingerprint density at radius 3 is 0.691 bits per heavy atom. The predicted molar refractivity (Wildman–Crippen MR) is 283 cm³/mol. The smallest absolute Gasteiger partial charge is 0.118 e. The first kappa shape index (κ1) is 43.3. The summed E-state index contributed by atoms with van der Waals surface area (Å²) in [5, 5.41) is 10.8. The molecule has 0 unspecified atom stereocenters. The molecule has 0 fully saturated rings. The molecule has 0 amide bonds. The third kappa shape index (κ3) is 9.26. The van der Waals surface area contributed by atoms with E-state index in [0.717, 1.165) is 112 Å². The summed E-state index contributed by atoms with van der Waals surface area (Å²) in [6.07, 6.45) is 0. The van der Waals surface area contributed by atoms with Gasteiger partial charge in [-0.25, -0.2) is 0 Å². The second-order valence-corrected chi connectivity index (χ2v) is 17.1. The van der Waals surface area contributed by atoms with Gasteiger partial charge in [0.05, 0.1) is 14.2 Å². The van der Waals surface area contributed by atoms with Crippen LogP contribution in [0, 0.1) is 13.8 Å². The molecule has 0 saturated heterocycles. The molecule has 0 bridgehead atoms. The quantitative estimate of drug-likeness (QED) is 0.115. The first-order chi connectivity index (χ1) is 33.4. The van der Waals surface area contributed by atoms with Crippen LogP contribution in [0.5, 0.6) is 11.5 Å². The highest BCUT2D eigenvalue weighted by Gasteiger charge is 2.18. The Bertz CT molecular complexity index is 3110. The average molecular weight is 879 g/mol. The van der Waals surface area contributed by atoms with Crippen molar-refractivity contribution in [2.45, 2.75) is 13.8 Å². The molecule has 328 valence electrons. The minimum atomic E-state index is 0.798. The molecule has 10 aromatic rings. The van der Waals surface area contributed by atoms with Crippen molar-refractivity contribution in [3.63, 3.8) is 0 Å². The summed E-state index contributed by atoms with van der Waals surface area (Å²) >= 11 is 0. The molecular weight excluding hydrogens is 829 g/mol. The first-order valence-electron chi connectivity index (χ1n) is 22.9. The molecule has 0 heterocycles. The largest absolute Gasteiger partial charge is 0.497 e. The molecule has 0 aliphatic carbocycles. The van der Waals surface area contributed by atoms with Gasteiger partial charge in [0.2, 0.25) is 0 Å². The Hall–Kier alpha value is -8.60. The lowest BCUT2D eigenvalue weighted by molar-refractivity contribution is 0.415. The summed E-state index contributed by atoms with van der Waals surface area (Å²) in [5.41, 5.74) is 21.3. The lowest BCUT2D eigenvalue weighted by atomic mass is 9.92. The molecule has 0 N–H and O–H groups in total. The van der Waals surface area contributed by atoms with Gasteiger partial charge in [-0.1, -0.05) is 182 Å². The van der Waals surface area contributed by atoms with Crippen LogP contribution in [0.2, 0.25) is 0 Å². The zero-order valence-electron chi connectivity index (χ0n) is 38.7. The van der Waals surface area contributed by atoms with Crippen molar-refractivity contribution in [2.24, 2.45) is 10.2 Å². The fraction of sp³-hybridized carbons (Fsp3) is 0.0625. The highest BCUT2D eigenvalue weighted by Crippen LogP contribution is 2.46. The molecule has 68 heavy (non-hydrogen) atoms. The summed E-state index contributed by atoms with van der Waals surface area (Å²) in [6.45, 7) is 4.31. The molecule has 0 aliphatic heterocycles. The Kier molecular flexibility index (Phi) is 12.4. The van der Waals surface area contributed by atoms with Crippen molar-refractivity contribution in [1.82, 2.24) is 0 Å².